The maximum absolute atomic E-state index is 12.5. The first-order valence-electron chi connectivity index (χ1n) is 6.94. The average molecular weight is 323 g/mol. The van der Waals surface area contributed by atoms with Gasteiger partial charge in [-0.05, 0) is 50.1 Å². The molecule has 1 unspecified atom stereocenters. The molecule has 2 fully saturated rings. The van der Waals surface area contributed by atoms with E-state index in [0.717, 1.165) is 35.2 Å². The Morgan fingerprint density at radius 3 is 2.95 bits per heavy atom. The number of carbonyl (C=O) groups excluding carboxylic acids is 1. The Labute approximate surface area is 122 Å². The van der Waals surface area contributed by atoms with Gasteiger partial charge in [-0.25, -0.2) is 0 Å². The van der Waals surface area contributed by atoms with Crippen molar-refractivity contribution < 1.29 is 4.79 Å². The van der Waals surface area contributed by atoms with Crippen molar-refractivity contribution in [1.82, 2.24) is 9.80 Å². The zero-order chi connectivity index (χ0) is 13.4. The molecule has 2 aliphatic heterocycles. The lowest BCUT2D eigenvalue weighted by molar-refractivity contribution is 0.0571. The minimum Gasteiger partial charge on any atom is -0.336 e. The number of carbonyl (C=O) groups is 1. The van der Waals surface area contributed by atoms with Gasteiger partial charge in [0.25, 0.3) is 5.91 Å². The third kappa shape index (κ3) is 2.56. The summed E-state index contributed by atoms with van der Waals surface area (Å²) in [5.41, 5.74) is 1.93. The molecule has 4 heteroatoms. The number of hydrogen-bond donors (Lipinski definition) is 0. The summed E-state index contributed by atoms with van der Waals surface area (Å²) in [7, 11) is 0. The molecular formula is C15H19BrN2O. The Balaban J connectivity index is 1.74. The largest absolute Gasteiger partial charge is 0.336 e. The van der Waals surface area contributed by atoms with Crippen LogP contribution in [-0.2, 0) is 0 Å². The van der Waals surface area contributed by atoms with Crippen molar-refractivity contribution in [3.8, 4) is 0 Å². The topological polar surface area (TPSA) is 23.6 Å². The molecule has 0 saturated carbocycles. The molecule has 0 N–H and O–H groups in total. The lowest BCUT2D eigenvalue weighted by Gasteiger charge is -2.37. The molecule has 1 aromatic rings. The summed E-state index contributed by atoms with van der Waals surface area (Å²) >= 11 is 3.48. The Morgan fingerprint density at radius 2 is 2.16 bits per heavy atom. The van der Waals surface area contributed by atoms with Crippen molar-refractivity contribution in [3.05, 3.63) is 33.8 Å². The van der Waals surface area contributed by atoms with Crippen molar-refractivity contribution in [2.24, 2.45) is 0 Å². The summed E-state index contributed by atoms with van der Waals surface area (Å²) < 4.78 is 1.06. The molecular weight excluding hydrogens is 304 g/mol. The highest BCUT2D eigenvalue weighted by Gasteiger charge is 2.32. The van der Waals surface area contributed by atoms with Crippen LogP contribution in [-0.4, -0.2) is 47.9 Å². The third-order valence-electron chi connectivity index (χ3n) is 4.28. The summed E-state index contributed by atoms with van der Waals surface area (Å²) in [5.74, 6) is 0.183. The van der Waals surface area contributed by atoms with E-state index in [1.807, 2.05) is 30.0 Å². The SMILES string of the molecule is Cc1cc(C(=O)N2CCN3CCCC3C2)ccc1Br. The van der Waals surface area contributed by atoms with Crippen LogP contribution in [0.5, 0.6) is 0 Å². The van der Waals surface area contributed by atoms with Crippen LogP contribution in [0.2, 0.25) is 0 Å². The van der Waals surface area contributed by atoms with Gasteiger partial charge in [0.15, 0.2) is 0 Å². The van der Waals surface area contributed by atoms with Crippen molar-refractivity contribution in [1.29, 1.82) is 0 Å². The number of rotatable bonds is 1. The van der Waals surface area contributed by atoms with Crippen LogP contribution in [0.25, 0.3) is 0 Å². The summed E-state index contributed by atoms with van der Waals surface area (Å²) in [4.78, 5) is 17.1. The van der Waals surface area contributed by atoms with Crippen molar-refractivity contribution in [3.63, 3.8) is 0 Å². The smallest absolute Gasteiger partial charge is 0.253 e. The molecule has 2 heterocycles. The van der Waals surface area contributed by atoms with Crippen LogP contribution in [0.4, 0.5) is 0 Å². The zero-order valence-electron chi connectivity index (χ0n) is 11.2. The van der Waals surface area contributed by atoms with Crippen molar-refractivity contribution >= 4 is 21.8 Å². The van der Waals surface area contributed by atoms with E-state index in [-0.39, 0.29) is 5.91 Å². The van der Waals surface area contributed by atoms with Crippen LogP contribution < -0.4 is 0 Å². The van der Waals surface area contributed by atoms with E-state index in [1.165, 1.54) is 19.4 Å². The first-order chi connectivity index (χ1) is 9.15. The fraction of sp³-hybridized carbons (Fsp3) is 0.533. The first kappa shape index (κ1) is 13.1. The minimum atomic E-state index is 0.183. The molecule has 2 saturated heterocycles. The number of fused-ring (bicyclic) bond motifs is 1. The lowest BCUT2D eigenvalue weighted by Crippen LogP contribution is -2.52. The monoisotopic (exact) mass is 322 g/mol. The lowest BCUT2D eigenvalue weighted by atomic mass is 10.1. The van der Waals surface area contributed by atoms with E-state index in [1.54, 1.807) is 0 Å². The predicted octanol–water partition coefficient (Wildman–Crippen LogP) is 2.68. The van der Waals surface area contributed by atoms with Gasteiger partial charge in [0.2, 0.25) is 0 Å². The fourth-order valence-corrected chi connectivity index (χ4v) is 3.38. The summed E-state index contributed by atoms with van der Waals surface area (Å²) in [6.45, 7) is 6.03. The van der Waals surface area contributed by atoms with Crippen LogP contribution in [0, 0.1) is 6.92 Å². The normalized spacial score (nSPS) is 23.5. The maximum atomic E-state index is 12.5. The van der Waals surface area contributed by atoms with E-state index in [0.29, 0.717) is 6.04 Å². The Kier molecular flexibility index (Phi) is 3.63. The average Bonchev–Trinajstić information content (AvgIpc) is 2.88. The highest BCUT2D eigenvalue weighted by molar-refractivity contribution is 9.10. The molecule has 1 amide bonds. The third-order valence-corrected chi connectivity index (χ3v) is 5.17. The van der Waals surface area contributed by atoms with E-state index in [2.05, 4.69) is 20.8 Å². The maximum Gasteiger partial charge on any atom is 0.253 e. The van der Waals surface area contributed by atoms with Crippen molar-refractivity contribution in [2.45, 2.75) is 25.8 Å². The van der Waals surface area contributed by atoms with Crippen molar-refractivity contribution in [2.75, 3.05) is 26.2 Å². The van der Waals surface area contributed by atoms with Gasteiger partial charge < -0.3 is 4.90 Å². The van der Waals surface area contributed by atoms with E-state index in [4.69, 9.17) is 0 Å². The Morgan fingerprint density at radius 1 is 1.32 bits per heavy atom. The summed E-state index contributed by atoms with van der Waals surface area (Å²) in [6.07, 6.45) is 2.52. The molecule has 0 aliphatic carbocycles. The number of aryl methyl sites for hydroxylation is 1. The highest BCUT2D eigenvalue weighted by Crippen LogP contribution is 2.23. The summed E-state index contributed by atoms with van der Waals surface area (Å²) in [5, 5.41) is 0. The second kappa shape index (κ2) is 5.25. The van der Waals surface area contributed by atoms with Gasteiger partial charge in [-0.15, -0.1) is 0 Å². The minimum absolute atomic E-state index is 0.183. The van der Waals surface area contributed by atoms with Gasteiger partial charge in [0.05, 0.1) is 0 Å². The number of piperazine rings is 1. The summed E-state index contributed by atoms with van der Waals surface area (Å²) in [6, 6.07) is 6.46. The molecule has 0 aromatic heterocycles. The van der Waals surface area contributed by atoms with Gasteiger partial charge >= 0.3 is 0 Å². The number of halogens is 1. The molecule has 3 rings (SSSR count). The second-order valence-electron chi connectivity index (χ2n) is 5.55. The van der Waals surface area contributed by atoms with Gasteiger partial charge in [-0.2, -0.15) is 0 Å². The van der Waals surface area contributed by atoms with Crippen LogP contribution in [0.15, 0.2) is 22.7 Å². The molecule has 1 atom stereocenters. The Bertz CT molecular complexity index is 503. The highest BCUT2D eigenvalue weighted by atomic mass is 79.9. The molecule has 19 heavy (non-hydrogen) atoms. The van der Waals surface area contributed by atoms with Gasteiger partial charge in [-0.1, -0.05) is 15.9 Å². The first-order valence-corrected chi connectivity index (χ1v) is 7.74. The standard InChI is InChI=1S/C15H19BrN2O/c1-11-9-12(4-5-14(11)16)15(19)18-8-7-17-6-2-3-13(17)10-18/h4-5,9,13H,2-3,6-8,10H2,1H3. The molecule has 102 valence electrons. The fourth-order valence-electron chi connectivity index (χ4n) is 3.14. The molecule has 2 aliphatic rings. The van der Waals surface area contributed by atoms with Gasteiger partial charge in [0, 0.05) is 35.7 Å². The Hall–Kier alpha value is -0.870. The van der Waals surface area contributed by atoms with E-state index < -0.39 is 0 Å². The van der Waals surface area contributed by atoms with Crippen LogP contribution in [0.3, 0.4) is 0 Å². The molecule has 0 spiro atoms. The van der Waals surface area contributed by atoms with Gasteiger partial charge in [0.1, 0.15) is 0 Å². The quantitative estimate of drug-likeness (QED) is 0.793. The molecule has 0 bridgehead atoms. The number of amides is 1. The molecule has 0 radical (unpaired) electrons. The van der Waals surface area contributed by atoms with Gasteiger partial charge in [-0.3, -0.25) is 9.69 Å². The second-order valence-corrected chi connectivity index (χ2v) is 6.40. The zero-order valence-corrected chi connectivity index (χ0v) is 12.8. The van der Waals surface area contributed by atoms with Crippen LogP contribution >= 0.6 is 15.9 Å². The number of benzene rings is 1. The van der Waals surface area contributed by atoms with E-state index in [9.17, 15) is 4.79 Å². The van der Waals surface area contributed by atoms with E-state index >= 15 is 0 Å². The number of hydrogen-bond acceptors (Lipinski definition) is 2. The molecule has 3 nitrogen and oxygen atoms in total. The molecule has 1 aromatic carbocycles. The van der Waals surface area contributed by atoms with Crippen LogP contribution in [0.1, 0.15) is 28.8 Å². The predicted molar refractivity (Wildman–Crippen MR) is 79.4 cm³/mol. The number of nitrogens with zero attached hydrogens (tertiary/aromatic N) is 2.